The zero-order chi connectivity index (χ0) is 17.3. The van der Waals surface area contributed by atoms with Gasteiger partial charge in [-0.1, -0.05) is 0 Å². The first-order chi connectivity index (χ1) is 10.8. The Labute approximate surface area is 132 Å². The molecule has 0 unspecified atom stereocenters. The molecular formula is C13H24O10. The highest BCUT2D eigenvalue weighted by molar-refractivity contribution is 4.99. The molecule has 2 rings (SSSR count). The van der Waals surface area contributed by atoms with Crippen LogP contribution in [0.4, 0.5) is 0 Å². The highest BCUT2D eigenvalue weighted by Gasteiger charge is 2.51. The van der Waals surface area contributed by atoms with E-state index in [-0.39, 0.29) is 6.42 Å². The van der Waals surface area contributed by atoms with E-state index >= 15 is 0 Å². The van der Waals surface area contributed by atoms with E-state index in [0.29, 0.717) is 0 Å². The maximum absolute atomic E-state index is 10.5. The molecule has 0 amide bonds. The van der Waals surface area contributed by atoms with Crippen LogP contribution in [0.3, 0.4) is 0 Å². The Bertz CT molecular complexity index is 380. The Morgan fingerprint density at radius 1 is 0.870 bits per heavy atom. The molecule has 136 valence electrons. The molecule has 23 heavy (non-hydrogen) atoms. The molecule has 2 fully saturated rings. The smallest absolute Gasteiger partial charge is 0.155 e. The maximum atomic E-state index is 10.5. The van der Waals surface area contributed by atoms with E-state index < -0.39 is 74.3 Å². The molecule has 2 saturated heterocycles. The summed E-state index contributed by atoms with van der Waals surface area (Å²) in [5, 5.41) is 77.4. The summed E-state index contributed by atoms with van der Waals surface area (Å²) in [5.74, 6) is -0.895. The Hall–Kier alpha value is -0.400. The lowest BCUT2D eigenvalue weighted by Gasteiger charge is -2.43. The van der Waals surface area contributed by atoms with Crippen LogP contribution in [0.2, 0.25) is 0 Å². The van der Waals surface area contributed by atoms with Crippen LogP contribution in [0, 0.1) is 5.92 Å². The van der Waals surface area contributed by atoms with Gasteiger partial charge in [-0.3, -0.25) is 0 Å². The van der Waals surface area contributed by atoms with Crippen LogP contribution in [0.25, 0.3) is 0 Å². The van der Waals surface area contributed by atoms with Crippen LogP contribution in [0.5, 0.6) is 0 Å². The van der Waals surface area contributed by atoms with Gasteiger partial charge in [0.15, 0.2) is 6.29 Å². The lowest BCUT2D eigenvalue weighted by Crippen LogP contribution is -2.63. The second-order valence-electron chi connectivity index (χ2n) is 5.99. The summed E-state index contributed by atoms with van der Waals surface area (Å²) < 4.78 is 10.3. The predicted molar refractivity (Wildman–Crippen MR) is 71.9 cm³/mol. The largest absolute Gasteiger partial charge is 0.394 e. The average molecular weight is 340 g/mol. The summed E-state index contributed by atoms with van der Waals surface area (Å²) in [5.41, 5.74) is 0. The van der Waals surface area contributed by atoms with Crippen molar-refractivity contribution < 1.29 is 50.3 Å². The molecule has 0 saturated carbocycles. The van der Waals surface area contributed by atoms with Crippen LogP contribution in [-0.2, 0) is 9.47 Å². The number of hydrogen-bond donors (Lipinski definition) is 8. The van der Waals surface area contributed by atoms with Crippen molar-refractivity contribution in [2.24, 2.45) is 5.92 Å². The molecule has 2 aliphatic rings. The first-order valence-electron chi connectivity index (χ1n) is 7.42. The Kier molecular flexibility index (Phi) is 6.30. The molecule has 2 aliphatic heterocycles. The molecular weight excluding hydrogens is 316 g/mol. The van der Waals surface area contributed by atoms with Crippen molar-refractivity contribution in [3.8, 4) is 0 Å². The normalized spacial score (nSPS) is 47.5. The zero-order valence-electron chi connectivity index (χ0n) is 12.3. The first kappa shape index (κ1) is 18.9. The van der Waals surface area contributed by atoms with Crippen LogP contribution < -0.4 is 0 Å². The van der Waals surface area contributed by atoms with E-state index in [1.165, 1.54) is 0 Å². The van der Waals surface area contributed by atoms with Gasteiger partial charge in [0, 0.05) is 12.3 Å². The minimum atomic E-state index is -1.65. The summed E-state index contributed by atoms with van der Waals surface area (Å²) in [6.45, 7) is -1.30. The minimum absolute atomic E-state index is 0.0854. The van der Waals surface area contributed by atoms with Gasteiger partial charge in [0.25, 0.3) is 0 Å². The van der Waals surface area contributed by atoms with Crippen LogP contribution >= 0.6 is 0 Å². The Balaban J connectivity index is 2.15. The monoisotopic (exact) mass is 340 g/mol. The average Bonchev–Trinajstić information content (AvgIpc) is 2.93. The minimum Gasteiger partial charge on any atom is -0.394 e. The second-order valence-corrected chi connectivity index (χ2v) is 5.99. The van der Waals surface area contributed by atoms with Gasteiger partial charge < -0.3 is 50.3 Å². The molecule has 2 heterocycles. The summed E-state index contributed by atoms with van der Waals surface area (Å²) >= 11 is 0. The predicted octanol–water partition coefficient (Wildman–Crippen LogP) is -4.73. The third kappa shape index (κ3) is 3.66. The molecule has 8 N–H and O–H groups in total. The molecule has 0 aliphatic carbocycles. The molecule has 10 heteroatoms. The third-order valence-corrected chi connectivity index (χ3v) is 4.48. The van der Waals surface area contributed by atoms with E-state index in [1.807, 2.05) is 0 Å². The molecule has 0 aromatic heterocycles. The number of aliphatic hydroxyl groups excluding tert-OH is 8. The second kappa shape index (κ2) is 7.66. The molecule has 10 nitrogen and oxygen atoms in total. The molecule has 0 bridgehead atoms. The number of ether oxygens (including phenoxy) is 2. The van der Waals surface area contributed by atoms with Crippen molar-refractivity contribution in [3.05, 3.63) is 0 Å². The van der Waals surface area contributed by atoms with Crippen LogP contribution in [0.15, 0.2) is 0 Å². The molecule has 0 aromatic rings. The van der Waals surface area contributed by atoms with Gasteiger partial charge in [0.05, 0.1) is 25.4 Å². The number of hydrogen-bond acceptors (Lipinski definition) is 10. The van der Waals surface area contributed by atoms with Gasteiger partial charge in [-0.05, 0) is 0 Å². The van der Waals surface area contributed by atoms with E-state index in [1.54, 1.807) is 0 Å². The van der Waals surface area contributed by atoms with Crippen molar-refractivity contribution >= 4 is 0 Å². The van der Waals surface area contributed by atoms with Crippen molar-refractivity contribution in [1.29, 1.82) is 0 Å². The van der Waals surface area contributed by atoms with E-state index in [4.69, 9.17) is 19.7 Å². The van der Waals surface area contributed by atoms with Gasteiger partial charge in [0.2, 0.25) is 0 Å². The van der Waals surface area contributed by atoms with Crippen molar-refractivity contribution in [2.45, 2.75) is 61.5 Å². The van der Waals surface area contributed by atoms with E-state index in [2.05, 4.69) is 0 Å². The van der Waals surface area contributed by atoms with E-state index in [0.717, 1.165) is 0 Å². The summed E-state index contributed by atoms with van der Waals surface area (Å²) in [6.07, 6.45) is -12.7. The van der Waals surface area contributed by atoms with Crippen molar-refractivity contribution in [3.63, 3.8) is 0 Å². The van der Waals surface area contributed by atoms with Gasteiger partial charge in [-0.2, -0.15) is 0 Å². The summed E-state index contributed by atoms with van der Waals surface area (Å²) in [7, 11) is 0. The van der Waals surface area contributed by atoms with Crippen LogP contribution in [-0.4, -0.2) is 109 Å². The number of rotatable bonds is 5. The first-order valence-corrected chi connectivity index (χ1v) is 7.42. The highest BCUT2D eigenvalue weighted by atomic mass is 16.6. The zero-order valence-corrected chi connectivity index (χ0v) is 12.3. The van der Waals surface area contributed by atoms with Gasteiger partial charge in [-0.15, -0.1) is 0 Å². The lowest BCUT2D eigenvalue weighted by atomic mass is 9.83. The van der Waals surface area contributed by atoms with Gasteiger partial charge in [0.1, 0.15) is 36.6 Å². The molecule has 0 spiro atoms. The Morgan fingerprint density at radius 2 is 1.52 bits per heavy atom. The summed E-state index contributed by atoms with van der Waals surface area (Å²) in [6, 6.07) is 0. The molecule has 10 atom stereocenters. The number of aliphatic hydroxyl groups is 8. The summed E-state index contributed by atoms with van der Waals surface area (Å²) in [4.78, 5) is 0. The highest BCUT2D eigenvalue weighted by Crippen LogP contribution is 2.35. The fourth-order valence-electron chi connectivity index (χ4n) is 3.17. The fraction of sp³-hybridized carbons (Fsp3) is 1.00. The molecule has 0 aromatic carbocycles. The third-order valence-electron chi connectivity index (χ3n) is 4.48. The van der Waals surface area contributed by atoms with Crippen molar-refractivity contribution in [1.82, 2.24) is 0 Å². The topological polar surface area (TPSA) is 180 Å². The Morgan fingerprint density at radius 3 is 2.09 bits per heavy atom. The van der Waals surface area contributed by atoms with E-state index in [9.17, 15) is 30.6 Å². The quantitative estimate of drug-likeness (QED) is 0.242. The fourth-order valence-corrected chi connectivity index (χ4v) is 3.17. The SMILES string of the molecule is OC[C@@H](O)[C@@H]1O[C@@H](O)C[C@H]1[C@@H](O)[C@@H]1O[C@H](CO)[C@@H](O)[C@H](O)[C@H]1O. The van der Waals surface area contributed by atoms with Crippen LogP contribution in [0.1, 0.15) is 6.42 Å². The van der Waals surface area contributed by atoms with Gasteiger partial charge in [-0.25, -0.2) is 0 Å². The molecule has 0 radical (unpaired) electrons. The van der Waals surface area contributed by atoms with Gasteiger partial charge >= 0.3 is 0 Å². The lowest BCUT2D eigenvalue weighted by molar-refractivity contribution is -0.256. The standard InChI is InChI=1S/C13H24O10/c14-2-5(16)12-4(1-7(17)23-12)8(18)13-11(21)10(20)9(19)6(3-15)22-13/h4-21H,1-3H2/t4-,5+,6+,7+,8+,9+,10-,11+,12+,13-/m0/s1. The van der Waals surface area contributed by atoms with Crippen molar-refractivity contribution in [2.75, 3.05) is 13.2 Å². The maximum Gasteiger partial charge on any atom is 0.155 e.